The van der Waals surface area contributed by atoms with Crippen molar-refractivity contribution in [2.24, 2.45) is 0 Å². The van der Waals surface area contributed by atoms with Crippen LogP contribution in [0.2, 0.25) is 13.1 Å². The van der Waals surface area contributed by atoms with Gasteiger partial charge >= 0.3 is 26.2 Å². The molecule has 35 heavy (non-hydrogen) atoms. The summed E-state index contributed by atoms with van der Waals surface area (Å²) in [6.45, 7) is 4.31. The summed E-state index contributed by atoms with van der Waals surface area (Å²) in [5.74, 6) is 0. The molecular weight excluding hydrogens is 516 g/mol. The predicted molar refractivity (Wildman–Crippen MR) is 154 cm³/mol. The standard InChI is InChI=1S/C13H9.2C9H7.C2H6Si.Zr/c1-3-7-12-10(5-1)9-11-6-2-4-8-13(11)12;2*1-2-5-9-7-3-6-8(9)4-1;1-3-2;/h1-9H;2*1-7H;1-2H3;/q3*-1;;+3. The van der Waals surface area contributed by atoms with Gasteiger partial charge in [0, 0.05) is 9.52 Å². The molecule has 0 aromatic heterocycles. The van der Waals surface area contributed by atoms with Gasteiger partial charge in [-0.3, -0.25) is 0 Å². The quantitative estimate of drug-likeness (QED) is 0.132. The Kier molecular flexibility index (Phi) is 10.5. The smallest absolute Gasteiger partial charge is 0.168 e. The van der Waals surface area contributed by atoms with E-state index in [0.29, 0.717) is 0 Å². The second kappa shape index (κ2) is 13.8. The van der Waals surface area contributed by atoms with Crippen LogP contribution in [0.1, 0.15) is 0 Å². The maximum Gasteiger partial charge on any atom is 3.00 e. The van der Waals surface area contributed by atoms with Crippen molar-refractivity contribution in [1.29, 1.82) is 0 Å². The zero-order chi connectivity index (χ0) is 23.6. The summed E-state index contributed by atoms with van der Waals surface area (Å²) in [6, 6.07) is 48.6. The molecule has 0 atom stereocenters. The Morgan fingerprint density at radius 3 is 1.20 bits per heavy atom. The fourth-order valence-corrected chi connectivity index (χ4v) is 4.04. The van der Waals surface area contributed by atoms with Crippen molar-refractivity contribution in [3.05, 3.63) is 140 Å². The first-order valence-corrected chi connectivity index (χ1v) is 13.6. The molecule has 0 aliphatic heterocycles. The van der Waals surface area contributed by atoms with Crippen molar-refractivity contribution >= 4 is 52.6 Å². The summed E-state index contributed by atoms with van der Waals surface area (Å²) in [7, 11) is 1.08. The first-order chi connectivity index (χ1) is 16.8. The van der Waals surface area contributed by atoms with E-state index in [0.717, 1.165) is 9.52 Å². The van der Waals surface area contributed by atoms with Gasteiger partial charge < -0.3 is 0 Å². The van der Waals surface area contributed by atoms with E-state index in [-0.39, 0.29) is 26.2 Å². The van der Waals surface area contributed by atoms with Crippen molar-refractivity contribution in [3.8, 4) is 0 Å². The third-order valence-corrected chi connectivity index (χ3v) is 5.62. The molecule has 0 unspecified atom stereocenters. The molecule has 0 saturated heterocycles. The molecule has 3 radical (unpaired) electrons. The summed E-state index contributed by atoms with van der Waals surface area (Å²) >= 11 is 0. The Morgan fingerprint density at radius 1 is 0.457 bits per heavy atom. The molecule has 0 bridgehead atoms. The average molecular weight is 545 g/mol. The first-order valence-electron chi connectivity index (χ1n) is 11.6. The van der Waals surface area contributed by atoms with Gasteiger partial charge in [-0.25, -0.2) is 0 Å². The minimum absolute atomic E-state index is 0. The van der Waals surface area contributed by atoms with Crippen molar-refractivity contribution in [3.63, 3.8) is 0 Å². The zero-order valence-electron chi connectivity index (χ0n) is 20.3. The molecular formula is C33H29SiZr. The fourth-order valence-electron chi connectivity index (χ4n) is 4.04. The molecule has 0 N–H and O–H groups in total. The van der Waals surface area contributed by atoms with E-state index in [1.165, 1.54) is 43.1 Å². The van der Waals surface area contributed by atoms with Crippen molar-refractivity contribution in [2.45, 2.75) is 13.1 Å². The van der Waals surface area contributed by atoms with Gasteiger partial charge in [-0.15, -0.1) is 99.0 Å². The fraction of sp³-hybridized carbons (Fsp3) is 0.0606. The van der Waals surface area contributed by atoms with E-state index in [2.05, 4.69) is 153 Å². The summed E-state index contributed by atoms with van der Waals surface area (Å²) in [5.41, 5.74) is 0. The first kappa shape index (κ1) is 26.7. The second-order valence-corrected chi connectivity index (χ2v) is 9.13. The number of rotatable bonds is 0. The van der Waals surface area contributed by atoms with Crippen LogP contribution in [0.15, 0.2) is 140 Å². The van der Waals surface area contributed by atoms with E-state index in [4.69, 9.17) is 0 Å². The van der Waals surface area contributed by atoms with Gasteiger partial charge in [-0.1, -0.05) is 61.6 Å². The molecule has 0 nitrogen and oxygen atoms in total. The van der Waals surface area contributed by atoms with Gasteiger partial charge in [0.1, 0.15) is 0 Å². The molecule has 0 amide bonds. The van der Waals surface area contributed by atoms with Gasteiger partial charge in [0.05, 0.1) is 0 Å². The van der Waals surface area contributed by atoms with Gasteiger partial charge in [0.25, 0.3) is 0 Å². The summed E-state index contributed by atoms with van der Waals surface area (Å²) < 4.78 is 0. The summed E-state index contributed by atoms with van der Waals surface area (Å²) in [6.07, 6.45) is 0. The molecule has 0 heterocycles. The zero-order valence-corrected chi connectivity index (χ0v) is 23.7. The topological polar surface area (TPSA) is 0 Å². The average Bonchev–Trinajstić information content (AvgIpc) is 3.63. The molecule has 2 heteroatoms. The SMILES string of the molecule is C[Si]C.[Zr+3].c1ccc2[cH-]ccc2c1.c1ccc2[cH-]ccc2c1.c1ccc2c(c1)[cH-]c1ccccc12. The molecule has 0 aliphatic rings. The number of fused-ring (bicyclic) bond motifs is 5. The van der Waals surface area contributed by atoms with Crippen molar-refractivity contribution < 1.29 is 26.2 Å². The van der Waals surface area contributed by atoms with Gasteiger partial charge in [0.2, 0.25) is 0 Å². The van der Waals surface area contributed by atoms with Gasteiger partial charge in [0.15, 0.2) is 0 Å². The minimum atomic E-state index is 0. The van der Waals surface area contributed by atoms with Crippen molar-refractivity contribution in [1.82, 2.24) is 0 Å². The van der Waals surface area contributed by atoms with Crippen molar-refractivity contribution in [2.75, 3.05) is 0 Å². The Bertz CT molecular complexity index is 1390. The molecule has 7 aromatic carbocycles. The second-order valence-electron chi connectivity index (χ2n) is 8.13. The molecule has 169 valence electrons. The third kappa shape index (κ3) is 7.04. The van der Waals surface area contributed by atoms with Gasteiger partial charge in [-0.2, -0.15) is 35.0 Å². The molecule has 7 rings (SSSR count). The predicted octanol–water partition coefficient (Wildman–Crippen LogP) is 9.61. The van der Waals surface area contributed by atoms with E-state index >= 15 is 0 Å². The molecule has 0 fully saturated rings. The maximum atomic E-state index is 2.24. The van der Waals surface area contributed by atoms with Crippen LogP contribution in [0.3, 0.4) is 0 Å². The van der Waals surface area contributed by atoms with Crippen LogP contribution in [-0.4, -0.2) is 9.52 Å². The monoisotopic (exact) mass is 543 g/mol. The van der Waals surface area contributed by atoms with E-state index < -0.39 is 0 Å². The van der Waals surface area contributed by atoms with E-state index in [1.807, 2.05) is 0 Å². The van der Waals surface area contributed by atoms with Crippen LogP contribution >= 0.6 is 0 Å². The maximum absolute atomic E-state index is 2.24. The number of benzene rings is 4. The summed E-state index contributed by atoms with van der Waals surface area (Å²) in [5, 5.41) is 10.7. The van der Waals surface area contributed by atoms with E-state index in [1.54, 1.807) is 0 Å². The number of hydrogen-bond donors (Lipinski definition) is 0. The molecule has 0 spiro atoms. The summed E-state index contributed by atoms with van der Waals surface area (Å²) in [4.78, 5) is 0. The Labute approximate surface area is 230 Å². The molecule has 7 aromatic rings. The Morgan fingerprint density at radius 2 is 0.800 bits per heavy atom. The van der Waals surface area contributed by atoms with Crippen LogP contribution < -0.4 is 0 Å². The van der Waals surface area contributed by atoms with Crippen LogP contribution in [0.25, 0.3) is 43.1 Å². The van der Waals surface area contributed by atoms with E-state index in [9.17, 15) is 0 Å². The Balaban J connectivity index is 0.000000140. The Hall–Kier alpha value is -2.93. The number of hydrogen-bond acceptors (Lipinski definition) is 0. The largest absolute Gasteiger partial charge is 3.00 e. The normalized spacial score (nSPS) is 9.89. The van der Waals surface area contributed by atoms with Crippen LogP contribution in [0, 0.1) is 0 Å². The molecule has 0 saturated carbocycles. The van der Waals surface area contributed by atoms with Crippen LogP contribution in [0.5, 0.6) is 0 Å². The van der Waals surface area contributed by atoms with Crippen LogP contribution in [-0.2, 0) is 26.2 Å². The third-order valence-electron chi connectivity index (χ3n) is 5.62. The molecule has 0 aliphatic carbocycles. The van der Waals surface area contributed by atoms with Crippen LogP contribution in [0.4, 0.5) is 0 Å². The minimum Gasteiger partial charge on any atom is -0.168 e. The van der Waals surface area contributed by atoms with Gasteiger partial charge in [-0.05, 0) is 0 Å².